The van der Waals surface area contributed by atoms with Gasteiger partial charge < -0.3 is 15.4 Å². The normalized spacial score (nSPS) is 10.5. The number of carbonyl (C=O) groups excluding carboxylic acids is 1. The first-order chi connectivity index (χ1) is 9.74. The maximum absolute atomic E-state index is 11.3. The van der Waals surface area contributed by atoms with E-state index in [2.05, 4.69) is 30.8 Å². The van der Waals surface area contributed by atoms with Gasteiger partial charge in [-0.05, 0) is 13.8 Å². The van der Waals surface area contributed by atoms with Crippen LogP contribution in [0.2, 0.25) is 0 Å². The third-order valence-electron chi connectivity index (χ3n) is 2.57. The van der Waals surface area contributed by atoms with Gasteiger partial charge >= 0.3 is 5.97 Å². The quantitative estimate of drug-likeness (QED) is 0.652. The van der Waals surface area contributed by atoms with E-state index >= 15 is 0 Å². The van der Waals surface area contributed by atoms with Crippen molar-refractivity contribution in [2.45, 2.75) is 20.3 Å². The molecule has 2 aromatic rings. The van der Waals surface area contributed by atoms with Crippen LogP contribution in [0, 0.1) is 0 Å². The topological polar surface area (TPSA) is 105 Å². The van der Waals surface area contributed by atoms with E-state index < -0.39 is 0 Å². The van der Waals surface area contributed by atoms with E-state index in [9.17, 15) is 4.79 Å². The lowest BCUT2D eigenvalue weighted by molar-refractivity contribution is -0.142. The first kappa shape index (κ1) is 14.0. The van der Waals surface area contributed by atoms with Crippen molar-refractivity contribution in [2.24, 2.45) is 0 Å². The molecule has 0 atom stereocenters. The van der Waals surface area contributed by atoms with Crippen molar-refractivity contribution in [1.29, 1.82) is 0 Å². The summed E-state index contributed by atoms with van der Waals surface area (Å²) in [4.78, 5) is 19.9. The summed E-state index contributed by atoms with van der Waals surface area (Å²) in [6.07, 6.45) is 1.94. The van der Waals surface area contributed by atoms with Crippen LogP contribution in [0.4, 0.5) is 11.8 Å². The number of nitrogens with one attached hydrogen (secondary N) is 3. The van der Waals surface area contributed by atoms with Gasteiger partial charge in [0.05, 0.1) is 24.6 Å². The van der Waals surface area contributed by atoms with E-state index in [1.807, 2.05) is 6.92 Å². The maximum atomic E-state index is 11.3. The Kier molecular flexibility index (Phi) is 4.70. The van der Waals surface area contributed by atoms with Gasteiger partial charge in [0.15, 0.2) is 5.65 Å². The average Bonchev–Trinajstić information content (AvgIpc) is 2.88. The van der Waals surface area contributed by atoms with E-state index in [1.54, 1.807) is 13.1 Å². The number of rotatable bonds is 7. The first-order valence-corrected chi connectivity index (χ1v) is 6.59. The minimum absolute atomic E-state index is 0.232. The highest BCUT2D eigenvalue weighted by Gasteiger charge is 2.09. The summed E-state index contributed by atoms with van der Waals surface area (Å²) in [6.45, 7) is 5.31. The molecule has 2 heterocycles. The number of hydrogen-bond acceptors (Lipinski definition) is 7. The summed E-state index contributed by atoms with van der Waals surface area (Å²) in [5.74, 6) is 0.927. The number of hydrogen-bond donors (Lipinski definition) is 3. The molecule has 2 rings (SSSR count). The van der Waals surface area contributed by atoms with Crippen LogP contribution in [0.5, 0.6) is 0 Å². The first-order valence-electron chi connectivity index (χ1n) is 6.59. The molecule has 0 amide bonds. The van der Waals surface area contributed by atoms with Crippen molar-refractivity contribution in [3.05, 3.63) is 6.20 Å². The molecule has 0 aliphatic carbocycles. The van der Waals surface area contributed by atoms with Crippen LogP contribution < -0.4 is 10.6 Å². The van der Waals surface area contributed by atoms with Crippen LogP contribution in [0.15, 0.2) is 6.20 Å². The molecule has 0 saturated carbocycles. The number of esters is 1. The molecule has 108 valence electrons. The number of nitrogens with zero attached hydrogens (tertiary/aromatic N) is 3. The third kappa shape index (κ3) is 3.34. The number of ether oxygens (including phenoxy) is 1. The smallest absolute Gasteiger partial charge is 0.307 e. The molecular weight excluding hydrogens is 260 g/mol. The van der Waals surface area contributed by atoms with Crippen molar-refractivity contribution in [3.8, 4) is 0 Å². The van der Waals surface area contributed by atoms with Gasteiger partial charge in [0.1, 0.15) is 5.82 Å². The summed E-state index contributed by atoms with van der Waals surface area (Å²) in [7, 11) is 0. The summed E-state index contributed by atoms with van der Waals surface area (Å²) >= 11 is 0. The van der Waals surface area contributed by atoms with Crippen molar-refractivity contribution in [2.75, 3.05) is 30.3 Å². The van der Waals surface area contributed by atoms with Crippen LogP contribution in [0.25, 0.3) is 11.0 Å². The Bertz CT molecular complexity index is 582. The van der Waals surface area contributed by atoms with Gasteiger partial charge in [0.25, 0.3) is 0 Å². The second kappa shape index (κ2) is 6.69. The van der Waals surface area contributed by atoms with Crippen molar-refractivity contribution in [3.63, 3.8) is 0 Å². The number of H-pyrrole nitrogens is 1. The van der Waals surface area contributed by atoms with Crippen molar-refractivity contribution in [1.82, 2.24) is 20.2 Å². The molecule has 0 unspecified atom stereocenters. The van der Waals surface area contributed by atoms with E-state index in [4.69, 9.17) is 4.74 Å². The van der Waals surface area contributed by atoms with Crippen LogP contribution in [-0.4, -0.2) is 45.8 Å². The fraction of sp³-hybridized carbons (Fsp3) is 0.500. The van der Waals surface area contributed by atoms with Gasteiger partial charge in [-0.15, -0.1) is 0 Å². The molecule has 0 radical (unpaired) electrons. The van der Waals surface area contributed by atoms with E-state index in [-0.39, 0.29) is 12.4 Å². The Morgan fingerprint density at radius 3 is 2.95 bits per heavy atom. The largest absolute Gasteiger partial charge is 0.466 e. The fourth-order valence-electron chi connectivity index (χ4n) is 1.72. The molecule has 0 aliphatic rings. The molecule has 0 spiro atoms. The van der Waals surface area contributed by atoms with Gasteiger partial charge in [-0.25, -0.2) is 0 Å². The van der Waals surface area contributed by atoms with E-state index in [0.717, 1.165) is 11.9 Å². The van der Waals surface area contributed by atoms with E-state index in [0.29, 0.717) is 30.6 Å². The molecule has 8 nitrogen and oxygen atoms in total. The zero-order chi connectivity index (χ0) is 14.4. The Morgan fingerprint density at radius 1 is 1.35 bits per heavy atom. The van der Waals surface area contributed by atoms with Crippen molar-refractivity contribution < 1.29 is 9.53 Å². The molecule has 0 aromatic carbocycles. The number of aromatic amines is 1. The average molecular weight is 278 g/mol. The van der Waals surface area contributed by atoms with Gasteiger partial charge in [-0.3, -0.25) is 9.89 Å². The zero-order valence-corrected chi connectivity index (χ0v) is 11.6. The third-order valence-corrected chi connectivity index (χ3v) is 2.57. The summed E-state index contributed by atoms with van der Waals surface area (Å²) < 4.78 is 4.87. The summed E-state index contributed by atoms with van der Waals surface area (Å²) in [5.41, 5.74) is 0.648. The predicted octanol–water partition coefficient (Wildman–Crippen LogP) is 1.15. The highest BCUT2D eigenvalue weighted by Crippen LogP contribution is 2.19. The van der Waals surface area contributed by atoms with Crippen LogP contribution in [0.1, 0.15) is 20.3 Å². The summed E-state index contributed by atoms with van der Waals surface area (Å²) in [6, 6.07) is 0. The minimum atomic E-state index is -0.232. The van der Waals surface area contributed by atoms with Crippen LogP contribution in [0.3, 0.4) is 0 Å². The molecule has 0 bridgehead atoms. The Hall–Kier alpha value is -2.38. The number of aromatic nitrogens is 4. The highest BCUT2D eigenvalue weighted by atomic mass is 16.5. The molecule has 0 aliphatic heterocycles. The Labute approximate surface area is 116 Å². The van der Waals surface area contributed by atoms with Crippen LogP contribution in [-0.2, 0) is 9.53 Å². The second-order valence-corrected chi connectivity index (χ2v) is 4.04. The second-order valence-electron chi connectivity index (χ2n) is 4.04. The zero-order valence-electron chi connectivity index (χ0n) is 11.6. The fourth-order valence-corrected chi connectivity index (χ4v) is 1.72. The maximum Gasteiger partial charge on any atom is 0.307 e. The molecule has 3 N–H and O–H groups in total. The molecular formula is C12H18N6O2. The molecule has 8 heteroatoms. The van der Waals surface area contributed by atoms with E-state index in [1.165, 1.54) is 0 Å². The Morgan fingerprint density at radius 2 is 2.20 bits per heavy atom. The van der Waals surface area contributed by atoms with Crippen molar-refractivity contribution >= 4 is 28.8 Å². The molecule has 2 aromatic heterocycles. The van der Waals surface area contributed by atoms with Gasteiger partial charge in [-0.2, -0.15) is 15.1 Å². The number of anilines is 2. The standard InChI is InChI=1S/C12H18N6O2/c1-3-13-12-16-10(8-7-15-18-11(8)17-12)14-6-5-9(19)20-4-2/h7H,3-6H2,1-2H3,(H3,13,14,15,16,17,18). The van der Waals surface area contributed by atoms with Gasteiger partial charge in [-0.1, -0.05) is 0 Å². The van der Waals surface area contributed by atoms with Crippen LogP contribution >= 0.6 is 0 Å². The monoisotopic (exact) mass is 278 g/mol. The molecule has 0 fully saturated rings. The molecule has 20 heavy (non-hydrogen) atoms. The van der Waals surface area contributed by atoms with Gasteiger partial charge in [0.2, 0.25) is 5.95 Å². The lowest BCUT2D eigenvalue weighted by Crippen LogP contribution is -2.13. The number of carbonyl (C=O) groups is 1. The lowest BCUT2D eigenvalue weighted by Gasteiger charge is -2.08. The van der Waals surface area contributed by atoms with Gasteiger partial charge in [0, 0.05) is 13.1 Å². The number of fused-ring (bicyclic) bond motifs is 1. The summed E-state index contributed by atoms with van der Waals surface area (Å²) in [5, 5.41) is 13.7. The Balaban J connectivity index is 2.07. The SMILES string of the molecule is CCNc1nc(NCCC(=O)OCC)c2cn[nH]c2n1. The highest BCUT2D eigenvalue weighted by molar-refractivity contribution is 5.87. The predicted molar refractivity (Wildman–Crippen MR) is 75.6 cm³/mol. The lowest BCUT2D eigenvalue weighted by atomic mass is 10.3. The molecule has 0 saturated heterocycles. The minimum Gasteiger partial charge on any atom is -0.466 e.